The summed E-state index contributed by atoms with van der Waals surface area (Å²) in [6.45, 7) is 7.04. The topological polar surface area (TPSA) is 20.2 Å². The molecule has 2 rings (SSSR count). The van der Waals surface area contributed by atoms with Gasteiger partial charge in [0.15, 0.2) is 0 Å². The number of aliphatic hydroxyl groups is 1. The molecule has 29 heavy (non-hydrogen) atoms. The monoisotopic (exact) mass is 506 g/mol. The van der Waals surface area contributed by atoms with Gasteiger partial charge in [-0.3, -0.25) is 0 Å². The van der Waals surface area contributed by atoms with Gasteiger partial charge in [0, 0.05) is 0 Å². The molecule has 1 aliphatic carbocycles. The molecule has 0 aliphatic heterocycles. The van der Waals surface area contributed by atoms with Crippen LogP contribution in [0.15, 0.2) is 42.5 Å². The van der Waals surface area contributed by atoms with E-state index in [4.69, 9.17) is 0 Å². The normalized spacial score (nSPS) is 17.0. The first-order valence-electron chi connectivity index (χ1n) is 12.6. The van der Waals surface area contributed by atoms with Crippen molar-refractivity contribution < 1.29 is 5.11 Å². The Kier molecular flexibility index (Phi) is 12.0. The van der Waals surface area contributed by atoms with Crippen molar-refractivity contribution in [1.29, 1.82) is 0 Å². The zero-order valence-electron chi connectivity index (χ0n) is 19.4. The number of allylic oxidation sites excluding steroid dienone is 1. The first kappa shape index (κ1) is 25.0. The molecular formula is C27H46OSn. The summed E-state index contributed by atoms with van der Waals surface area (Å²) in [5, 5.41) is 11.4. The summed E-state index contributed by atoms with van der Waals surface area (Å²) in [5.74, 6) is 0.597. The molecule has 0 radical (unpaired) electrons. The Bertz CT molecular complexity index is 541. The minimum absolute atomic E-state index is 0.0515. The second-order valence-electron chi connectivity index (χ2n) is 9.48. The molecule has 1 saturated carbocycles. The molecule has 1 nitrogen and oxygen atoms in total. The first-order chi connectivity index (χ1) is 14.2. The van der Waals surface area contributed by atoms with Gasteiger partial charge in [-0.2, -0.15) is 0 Å². The van der Waals surface area contributed by atoms with Crippen LogP contribution in [-0.2, 0) is 6.42 Å². The predicted molar refractivity (Wildman–Crippen MR) is 131 cm³/mol. The van der Waals surface area contributed by atoms with Gasteiger partial charge in [0.05, 0.1) is 0 Å². The Labute approximate surface area is 185 Å². The van der Waals surface area contributed by atoms with Gasteiger partial charge in [0.1, 0.15) is 0 Å². The molecule has 1 N–H and O–H groups in total. The second-order valence-corrected chi connectivity index (χ2v) is 23.4. The Morgan fingerprint density at radius 3 is 1.97 bits per heavy atom. The Balaban J connectivity index is 2.18. The fraction of sp³-hybridized carbons (Fsp3) is 0.704. The third kappa shape index (κ3) is 8.40. The number of benzene rings is 1. The number of aliphatic hydroxyl groups excluding tert-OH is 1. The fourth-order valence-electron chi connectivity index (χ4n) is 5.01. The molecule has 0 aromatic heterocycles. The van der Waals surface area contributed by atoms with Crippen LogP contribution in [0, 0.1) is 5.92 Å². The molecule has 0 heterocycles. The molecule has 0 spiro atoms. The number of aryl methyl sites for hydroxylation is 1. The fourth-order valence-corrected chi connectivity index (χ4v) is 23.5. The van der Waals surface area contributed by atoms with Gasteiger partial charge < -0.3 is 0 Å². The minimum atomic E-state index is -2.47. The van der Waals surface area contributed by atoms with Crippen LogP contribution in [0.1, 0.15) is 84.1 Å². The van der Waals surface area contributed by atoms with Crippen LogP contribution in [0.2, 0.25) is 17.2 Å². The average Bonchev–Trinajstić information content (AvgIpc) is 3.60. The van der Waals surface area contributed by atoms with Crippen LogP contribution in [0.4, 0.5) is 0 Å². The van der Waals surface area contributed by atoms with Crippen LogP contribution >= 0.6 is 0 Å². The van der Waals surface area contributed by atoms with E-state index >= 15 is 0 Å². The standard InChI is InChI=1S/C15H19O.3C4H9.Sn/c16-15(14-11-12-14)10-6-2-5-9-13-7-3-1-4-8-13;3*1-3-4-2;/h1-4,6-8,10,14-16H,5,9,11-12H2;3*1,3-4H2,2H3;/b6-2+;;;;/t15-;;;;/m0..../s1. The third-order valence-electron chi connectivity index (χ3n) is 7.05. The number of hydrogen-bond acceptors (Lipinski definition) is 1. The van der Waals surface area contributed by atoms with E-state index in [1.165, 1.54) is 70.2 Å². The summed E-state index contributed by atoms with van der Waals surface area (Å²) in [6, 6.07) is 10.8. The molecule has 1 aromatic carbocycles. The SMILES string of the molecule is CCC[CH2][Sn]([CH2]CCC)([CH2]CCC)[C@@H](/C=C/CCc1ccccc1)[C@H](O)C1CC1. The summed E-state index contributed by atoms with van der Waals surface area (Å²) < 4.78 is 5.01. The van der Waals surface area contributed by atoms with E-state index in [0.717, 1.165) is 12.8 Å². The Morgan fingerprint density at radius 1 is 0.931 bits per heavy atom. The number of rotatable bonds is 16. The zero-order chi connectivity index (χ0) is 21.0. The average molecular weight is 505 g/mol. The molecule has 164 valence electrons. The number of hydrogen-bond donors (Lipinski definition) is 1. The van der Waals surface area contributed by atoms with Crippen molar-refractivity contribution in [2.24, 2.45) is 5.92 Å². The van der Waals surface area contributed by atoms with E-state index in [2.05, 4.69) is 63.3 Å². The van der Waals surface area contributed by atoms with Crippen molar-refractivity contribution in [2.45, 2.75) is 108 Å². The summed E-state index contributed by atoms with van der Waals surface area (Å²) in [6.07, 6.45) is 17.7. The van der Waals surface area contributed by atoms with Gasteiger partial charge >= 0.3 is 186 Å². The summed E-state index contributed by atoms with van der Waals surface area (Å²) in [5.41, 5.74) is 1.43. The molecule has 1 aromatic rings. The van der Waals surface area contributed by atoms with Gasteiger partial charge in [-0.05, 0) is 0 Å². The molecule has 1 fully saturated rings. The summed E-state index contributed by atoms with van der Waals surface area (Å²) >= 11 is -2.47. The van der Waals surface area contributed by atoms with Gasteiger partial charge in [0.25, 0.3) is 0 Å². The molecule has 2 heteroatoms. The van der Waals surface area contributed by atoms with E-state index in [0.29, 0.717) is 9.85 Å². The summed E-state index contributed by atoms with van der Waals surface area (Å²) in [7, 11) is 0. The van der Waals surface area contributed by atoms with Crippen molar-refractivity contribution in [2.75, 3.05) is 0 Å². The first-order valence-corrected chi connectivity index (χ1v) is 20.3. The zero-order valence-corrected chi connectivity index (χ0v) is 22.3. The molecular weight excluding hydrogens is 459 g/mol. The van der Waals surface area contributed by atoms with Gasteiger partial charge in [-0.1, -0.05) is 0 Å². The quantitative estimate of drug-likeness (QED) is 0.178. The third-order valence-corrected chi connectivity index (χ3v) is 24.2. The van der Waals surface area contributed by atoms with E-state index < -0.39 is 18.4 Å². The van der Waals surface area contributed by atoms with Crippen LogP contribution in [0.5, 0.6) is 0 Å². The van der Waals surface area contributed by atoms with Crippen molar-refractivity contribution in [3.63, 3.8) is 0 Å². The van der Waals surface area contributed by atoms with Gasteiger partial charge in [0.2, 0.25) is 0 Å². The van der Waals surface area contributed by atoms with E-state index in [1.54, 1.807) is 0 Å². The summed E-state index contributed by atoms with van der Waals surface area (Å²) in [4.78, 5) is 0. The van der Waals surface area contributed by atoms with Crippen LogP contribution in [0.25, 0.3) is 0 Å². The van der Waals surface area contributed by atoms with Crippen LogP contribution in [0.3, 0.4) is 0 Å². The predicted octanol–water partition coefficient (Wildman–Crippen LogP) is 8.17. The van der Waals surface area contributed by atoms with Crippen LogP contribution < -0.4 is 0 Å². The van der Waals surface area contributed by atoms with Gasteiger partial charge in [-0.25, -0.2) is 0 Å². The molecule has 2 atom stereocenters. The Morgan fingerprint density at radius 2 is 1.48 bits per heavy atom. The Hall–Kier alpha value is -0.281. The van der Waals surface area contributed by atoms with Crippen molar-refractivity contribution in [1.82, 2.24) is 0 Å². The number of unbranched alkanes of at least 4 members (excludes halogenated alkanes) is 3. The maximum atomic E-state index is 11.4. The van der Waals surface area contributed by atoms with E-state index in [-0.39, 0.29) is 6.10 Å². The van der Waals surface area contributed by atoms with Crippen molar-refractivity contribution in [3.05, 3.63) is 48.0 Å². The molecule has 0 unspecified atom stereocenters. The van der Waals surface area contributed by atoms with Crippen molar-refractivity contribution >= 4 is 18.4 Å². The van der Waals surface area contributed by atoms with Crippen LogP contribution in [-0.4, -0.2) is 29.6 Å². The molecule has 0 saturated heterocycles. The maximum absolute atomic E-state index is 11.4. The molecule has 0 amide bonds. The second kappa shape index (κ2) is 13.9. The van der Waals surface area contributed by atoms with E-state index in [1.807, 2.05) is 0 Å². The van der Waals surface area contributed by atoms with E-state index in [9.17, 15) is 5.11 Å². The van der Waals surface area contributed by atoms with Crippen molar-refractivity contribution in [3.8, 4) is 0 Å². The molecule has 1 aliphatic rings. The molecule has 0 bridgehead atoms. The van der Waals surface area contributed by atoms with Gasteiger partial charge in [-0.15, -0.1) is 0 Å².